The van der Waals surface area contributed by atoms with Gasteiger partial charge < -0.3 is 4.74 Å². The maximum Gasteiger partial charge on any atom is 0.398 e. The Labute approximate surface area is 134 Å². The molecular weight excluding hydrogens is 324 g/mol. The van der Waals surface area contributed by atoms with Crippen LogP contribution in [-0.2, 0) is 28.6 Å². The Morgan fingerprint density at radius 1 is 1.26 bits per heavy atom. The van der Waals surface area contributed by atoms with Crippen LogP contribution < -0.4 is 0 Å². The molecule has 8 nitrogen and oxygen atoms in total. The van der Waals surface area contributed by atoms with E-state index in [1.165, 1.54) is 6.21 Å². The third kappa shape index (κ3) is 7.52. The summed E-state index contributed by atoms with van der Waals surface area (Å²) in [4.78, 5) is 23.5. The van der Waals surface area contributed by atoms with Gasteiger partial charge in [0.1, 0.15) is 0 Å². The van der Waals surface area contributed by atoms with E-state index < -0.39 is 22.0 Å². The van der Waals surface area contributed by atoms with Crippen LogP contribution in [0.3, 0.4) is 0 Å². The first-order valence-electron chi connectivity index (χ1n) is 6.75. The Hall–Kier alpha value is -2.26. The molecule has 0 bridgehead atoms. The summed E-state index contributed by atoms with van der Waals surface area (Å²) in [6, 6.07) is 8.89. The fraction of sp³-hybridized carbons (Fsp3) is 0.357. The number of hydrazone groups is 1. The number of benzene rings is 1. The van der Waals surface area contributed by atoms with Crippen LogP contribution >= 0.6 is 0 Å². The summed E-state index contributed by atoms with van der Waals surface area (Å²) in [6.45, 7) is 1.07. The number of amides is 1. The van der Waals surface area contributed by atoms with Gasteiger partial charge in [-0.2, -0.15) is 13.5 Å². The first-order valence-corrected chi connectivity index (χ1v) is 8.57. The maximum atomic E-state index is 11.9. The normalized spacial score (nSPS) is 11.4. The molecule has 1 amide bonds. The molecule has 0 aliphatic carbocycles. The van der Waals surface area contributed by atoms with E-state index in [1.807, 2.05) is 6.07 Å². The summed E-state index contributed by atoms with van der Waals surface area (Å²) in [7, 11) is -3.65. The van der Waals surface area contributed by atoms with E-state index in [1.54, 1.807) is 31.2 Å². The van der Waals surface area contributed by atoms with Gasteiger partial charge in [-0.15, -0.1) is 0 Å². The summed E-state index contributed by atoms with van der Waals surface area (Å²) >= 11 is 0. The highest BCUT2D eigenvalue weighted by molar-refractivity contribution is 7.85. The Bertz CT molecular complexity index is 657. The molecular formula is C14H18N2O6S. The highest BCUT2D eigenvalue weighted by Gasteiger charge is 2.23. The molecule has 0 saturated carbocycles. The number of carbonyl (C=O) groups excluding carboxylic acids is 2. The van der Waals surface area contributed by atoms with Crippen LogP contribution in [0, 0.1) is 0 Å². The smallest absolute Gasteiger partial charge is 0.398 e. The zero-order valence-corrected chi connectivity index (χ0v) is 13.7. The molecule has 23 heavy (non-hydrogen) atoms. The SMILES string of the molecule is CCOC(=O)C(=O)N(CCOS(C)(=O)=O)/N=C/c1ccccc1. The highest BCUT2D eigenvalue weighted by Crippen LogP contribution is 1.99. The lowest BCUT2D eigenvalue weighted by molar-refractivity contribution is -0.160. The van der Waals surface area contributed by atoms with Crippen molar-refractivity contribution in [3.63, 3.8) is 0 Å². The Morgan fingerprint density at radius 3 is 2.48 bits per heavy atom. The fourth-order valence-corrected chi connectivity index (χ4v) is 1.84. The number of carbonyl (C=O) groups is 2. The molecule has 0 heterocycles. The van der Waals surface area contributed by atoms with Crippen LogP contribution in [0.4, 0.5) is 0 Å². The van der Waals surface area contributed by atoms with Gasteiger partial charge >= 0.3 is 11.9 Å². The predicted molar refractivity (Wildman–Crippen MR) is 83.2 cm³/mol. The molecule has 1 aromatic rings. The van der Waals surface area contributed by atoms with Crippen molar-refractivity contribution in [3.05, 3.63) is 35.9 Å². The summed E-state index contributed by atoms with van der Waals surface area (Å²) in [5.74, 6) is -2.08. The molecule has 0 aromatic heterocycles. The number of ether oxygens (including phenoxy) is 1. The van der Waals surface area contributed by atoms with Crippen molar-refractivity contribution in [2.45, 2.75) is 6.92 Å². The minimum absolute atomic E-state index is 0.0423. The molecule has 0 fully saturated rings. The lowest BCUT2D eigenvalue weighted by Crippen LogP contribution is -2.36. The van der Waals surface area contributed by atoms with Crippen molar-refractivity contribution in [1.29, 1.82) is 0 Å². The van der Waals surface area contributed by atoms with Gasteiger partial charge in [0.05, 0.1) is 32.2 Å². The monoisotopic (exact) mass is 342 g/mol. The van der Waals surface area contributed by atoms with Crippen LogP contribution in [0.25, 0.3) is 0 Å². The zero-order valence-electron chi connectivity index (χ0n) is 12.8. The van der Waals surface area contributed by atoms with E-state index in [0.717, 1.165) is 11.3 Å². The minimum Gasteiger partial charge on any atom is -0.459 e. The van der Waals surface area contributed by atoms with E-state index in [0.29, 0.717) is 5.56 Å². The van der Waals surface area contributed by atoms with Gasteiger partial charge in [-0.05, 0) is 12.5 Å². The van der Waals surface area contributed by atoms with Crippen molar-refractivity contribution < 1.29 is 26.9 Å². The molecule has 0 aliphatic rings. The van der Waals surface area contributed by atoms with Crippen molar-refractivity contribution in [2.75, 3.05) is 26.0 Å². The number of nitrogens with zero attached hydrogens (tertiary/aromatic N) is 2. The largest absolute Gasteiger partial charge is 0.459 e. The van der Waals surface area contributed by atoms with Crippen LogP contribution in [0.5, 0.6) is 0 Å². The van der Waals surface area contributed by atoms with Gasteiger partial charge in [0.25, 0.3) is 10.1 Å². The molecule has 0 N–H and O–H groups in total. The molecule has 9 heteroatoms. The van der Waals surface area contributed by atoms with Gasteiger partial charge in [-0.3, -0.25) is 8.98 Å². The highest BCUT2D eigenvalue weighted by atomic mass is 32.2. The minimum atomic E-state index is -3.65. The Balaban J connectivity index is 2.81. The molecule has 0 saturated heterocycles. The van der Waals surface area contributed by atoms with Crippen LogP contribution in [0.1, 0.15) is 12.5 Å². The van der Waals surface area contributed by atoms with Crippen molar-refractivity contribution in [2.24, 2.45) is 5.10 Å². The summed E-state index contributed by atoms with van der Waals surface area (Å²) in [6.07, 6.45) is 2.26. The Morgan fingerprint density at radius 2 is 1.91 bits per heavy atom. The van der Waals surface area contributed by atoms with Gasteiger partial charge in [0.2, 0.25) is 0 Å². The molecule has 0 spiro atoms. The van der Waals surface area contributed by atoms with Crippen molar-refractivity contribution in [3.8, 4) is 0 Å². The standard InChI is InChI=1S/C14H18N2O6S/c1-3-21-14(18)13(17)16(9-10-22-23(2,19)20)15-11-12-7-5-4-6-8-12/h4-8,11H,3,9-10H2,1-2H3/b15-11+. The summed E-state index contributed by atoms with van der Waals surface area (Å²) < 4.78 is 31.1. The zero-order chi connectivity index (χ0) is 17.3. The number of rotatable bonds is 7. The molecule has 126 valence electrons. The van der Waals surface area contributed by atoms with E-state index in [-0.39, 0.29) is 19.8 Å². The van der Waals surface area contributed by atoms with E-state index in [9.17, 15) is 18.0 Å². The lowest BCUT2D eigenvalue weighted by atomic mass is 10.2. The lowest BCUT2D eigenvalue weighted by Gasteiger charge is -2.15. The van der Waals surface area contributed by atoms with Crippen LogP contribution in [-0.4, -0.2) is 57.5 Å². The third-order valence-corrected chi connectivity index (χ3v) is 3.03. The quantitative estimate of drug-likeness (QED) is 0.233. The molecule has 0 aliphatic heterocycles. The number of hydrogen-bond acceptors (Lipinski definition) is 7. The molecule has 0 radical (unpaired) electrons. The first kappa shape index (κ1) is 18.8. The van der Waals surface area contributed by atoms with Gasteiger partial charge in [-0.25, -0.2) is 9.80 Å². The van der Waals surface area contributed by atoms with Crippen LogP contribution in [0.2, 0.25) is 0 Å². The molecule has 1 aromatic carbocycles. The third-order valence-electron chi connectivity index (χ3n) is 2.43. The molecule has 1 rings (SSSR count). The average Bonchev–Trinajstić information content (AvgIpc) is 2.50. The topological polar surface area (TPSA) is 102 Å². The predicted octanol–water partition coefficient (Wildman–Crippen LogP) is 0.388. The second-order valence-corrected chi connectivity index (χ2v) is 5.97. The van der Waals surface area contributed by atoms with Crippen LogP contribution in [0.15, 0.2) is 35.4 Å². The van der Waals surface area contributed by atoms with Crippen molar-refractivity contribution in [1.82, 2.24) is 5.01 Å². The van der Waals surface area contributed by atoms with Gasteiger partial charge in [-0.1, -0.05) is 30.3 Å². The van der Waals surface area contributed by atoms with E-state index in [4.69, 9.17) is 0 Å². The fourth-order valence-electron chi connectivity index (χ4n) is 1.46. The average molecular weight is 342 g/mol. The second kappa shape index (κ2) is 9.01. The van der Waals surface area contributed by atoms with Gasteiger partial charge in [0, 0.05) is 0 Å². The Kier molecular flexibility index (Phi) is 7.36. The number of hydrogen-bond donors (Lipinski definition) is 0. The first-order chi connectivity index (χ1) is 10.8. The molecule has 0 atom stereocenters. The summed E-state index contributed by atoms with van der Waals surface area (Å²) in [5.41, 5.74) is 0.707. The van der Waals surface area contributed by atoms with E-state index in [2.05, 4.69) is 14.0 Å². The number of esters is 1. The van der Waals surface area contributed by atoms with E-state index >= 15 is 0 Å². The maximum absolute atomic E-state index is 11.9. The van der Waals surface area contributed by atoms with Gasteiger partial charge in [0.15, 0.2) is 0 Å². The van der Waals surface area contributed by atoms with Crippen molar-refractivity contribution >= 4 is 28.2 Å². The summed E-state index contributed by atoms with van der Waals surface area (Å²) in [5, 5.41) is 4.70. The second-order valence-electron chi connectivity index (χ2n) is 4.33. The molecule has 0 unspecified atom stereocenters.